The summed E-state index contributed by atoms with van der Waals surface area (Å²) >= 11 is 0. The molecule has 1 unspecified atom stereocenters. The molecule has 1 aliphatic heterocycles. The minimum absolute atomic E-state index is 0.0523. The molecule has 1 saturated heterocycles. The smallest absolute Gasteiger partial charge is 0.308 e. The highest BCUT2D eigenvalue weighted by molar-refractivity contribution is 5.69. The van der Waals surface area contributed by atoms with Crippen LogP contribution in [0.25, 0.3) is 0 Å². The summed E-state index contributed by atoms with van der Waals surface area (Å²) in [7, 11) is 3.00. The number of ether oxygens (including phenoxy) is 4. The Bertz CT molecular complexity index is 489. The molecule has 2 rings (SSSR count). The number of rotatable bonds is 6. The molecule has 0 aliphatic carbocycles. The molecule has 0 N–H and O–H groups in total. The zero-order valence-corrected chi connectivity index (χ0v) is 14.2. The van der Waals surface area contributed by atoms with Gasteiger partial charge in [-0.05, 0) is 5.56 Å². The first-order chi connectivity index (χ1) is 11.1. The first kappa shape index (κ1) is 17.9. The lowest BCUT2D eigenvalue weighted by Crippen LogP contribution is -2.51. The van der Waals surface area contributed by atoms with Crippen LogP contribution in [0.2, 0.25) is 0 Å². The van der Waals surface area contributed by atoms with Crippen LogP contribution in [-0.4, -0.2) is 38.7 Å². The molecule has 1 aromatic rings. The number of methoxy groups -OCH3 is 2. The first-order valence-electron chi connectivity index (χ1n) is 7.97. The van der Waals surface area contributed by atoms with Gasteiger partial charge in [-0.1, -0.05) is 44.2 Å². The summed E-state index contributed by atoms with van der Waals surface area (Å²) in [4.78, 5) is 11.6. The standard InChI is InChI=1S/C18H26O5/c1-12-15(10-16(19)20-3)23-18(21-4)13(2)17(12)22-11-14-8-6-5-7-9-14/h5-9,12-13,15,17-18H,10-11H2,1-4H3/t12-,13+,15-,17-,18?/m0/s1. The van der Waals surface area contributed by atoms with E-state index in [1.165, 1.54) is 7.11 Å². The Labute approximate surface area is 137 Å². The zero-order valence-electron chi connectivity index (χ0n) is 14.2. The fraction of sp³-hybridized carbons (Fsp3) is 0.611. The highest BCUT2D eigenvalue weighted by Crippen LogP contribution is 2.34. The fourth-order valence-electron chi connectivity index (χ4n) is 3.09. The van der Waals surface area contributed by atoms with E-state index in [4.69, 9.17) is 18.9 Å². The van der Waals surface area contributed by atoms with Gasteiger partial charge in [0.1, 0.15) is 0 Å². The lowest BCUT2D eigenvalue weighted by molar-refractivity contribution is -0.263. The van der Waals surface area contributed by atoms with Crippen LogP contribution >= 0.6 is 0 Å². The maximum Gasteiger partial charge on any atom is 0.308 e. The van der Waals surface area contributed by atoms with Crippen LogP contribution in [0.15, 0.2) is 30.3 Å². The number of esters is 1. The average molecular weight is 322 g/mol. The molecule has 1 heterocycles. The van der Waals surface area contributed by atoms with Crippen molar-refractivity contribution in [1.29, 1.82) is 0 Å². The normalized spacial score (nSPS) is 30.9. The molecule has 1 aromatic carbocycles. The van der Waals surface area contributed by atoms with E-state index >= 15 is 0 Å². The fourth-order valence-corrected chi connectivity index (χ4v) is 3.09. The zero-order chi connectivity index (χ0) is 16.8. The van der Waals surface area contributed by atoms with E-state index in [1.54, 1.807) is 7.11 Å². The highest BCUT2D eigenvalue weighted by Gasteiger charge is 2.43. The van der Waals surface area contributed by atoms with Crippen molar-refractivity contribution in [2.75, 3.05) is 14.2 Å². The summed E-state index contributed by atoms with van der Waals surface area (Å²) in [6.45, 7) is 4.63. The van der Waals surface area contributed by atoms with E-state index in [0.717, 1.165) is 5.56 Å². The van der Waals surface area contributed by atoms with Crippen LogP contribution in [0.4, 0.5) is 0 Å². The van der Waals surface area contributed by atoms with E-state index in [0.29, 0.717) is 6.61 Å². The molecular weight excluding hydrogens is 296 g/mol. The molecule has 1 aliphatic rings. The van der Waals surface area contributed by atoms with Gasteiger partial charge in [0.15, 0.2) is 6.29 Å². The number of hydrogen-bond acceptors (Lipinski definition) is 5. The molecule has 5 nitrogen and oxygen atoms in total. The summed E-state index contributed by atoms with van der Waals surface area (Å²) in [5, 5.41) is 0. The second-order valence-electron chi connectivity index (χ2n) is 6.04. The number of benzene rings is 1. The average Bonchev–Trinajstić information content (AvgIpc) is 2.58. The Hall–Kier alpha value is -1.43. The molecule has 0 bridgehead atoms. The van der Waals surface area contributed by atoms with Gasteiger partial charge < -0.3 is 18.9 Å². The predicted molar refractivity (Wildman–Crippen MR) is 85.7 cm³/mol. The van der Waals surface area contributed by atoms with E-state index in [1.807, 2.05) is 37.3 Å². The molecule has 0 spiro atoms. The quantitative estimate of drug-likeness (QED) is 0.754. The van der Waals surface area contributed by atoms with Crippen molar-refractivity contribution < 1.29 is 23.7 Å². The second-order valence-corrected chi connectivity index (χ2v) is 6.04. The van der Waals surface area contributed by atoms with Gasteiger partial charge >= 0.3 is 5.97 Å². The lowest BCUT2D eigenvalue weighted by atomic mass is 9.84. The van der Waals surface area contributed by atoms with E-state index in [9.17, 15) is 4.79 Å². The van der Waals surface area contributed by atoms with Crippen LogP contribution in [-0.2, 0) is 30.3 Å². The van der Waals surface area contributed by atoms with Gasteiger partial charge in [-0.25, -0.2) is 0 Å². The molecule has 0 radical (unpaired) electrons. The maximum atomic E-state index is 11.6. The van der Waals surface area contributed by atoms with Gasteiger partial charge in [-0.2, -0.15) is 0 Å². The predicted octanol–water partition coefficient (Wildman–Crippen LogP) is 2.78. The molecule has 128 valence electrons. The van der Waals surface area contributed by atoms with Crippen molar-refractivity contribution >= 4 is 5.97 Å². The summed E-state index contributed by atoms with van der Waals surface area (Å²) in [5.74, 6) is -0.139. The van der Waals surface area contributed by atoms with E-state index < -0.39 is 0 Å². The number of carbonyl (C=O) groups excluding carboxylic acids is 1. The number of hydrogen-bond donors (Lipinski definition) is 0. The van der Waals surface area contributed by atoms with Crippen LogP contribution in [0, 0.1) is 11.8 Å². The van der Waals surface area contributed by atoms with Crippen LogP contribution in [0.5, 0.6) is 0 Å². The molecule has 0 saturated carbocycles. The van der Waals surface area contributed by atoms with Crippen LogP contribution in [0.1, 0.15) is 25.8 Å². The lowest BCUT2D eigenvalue weighted by Gasteiger charge is -2.43. The minimum atomic E-state index is -0.387. The summed E-state index contributed by atoms with van der Waals surface area (Å²) in [6.07, 6.45) is -0.510. The Balaban J connectivity index is 2.05. The maximum absolute atomic E-state index is 11.6. The van der Waals surface area contributed by atoms with Crippen molar-refractivity contribution in [1.82, 2.24) is 0 Å². The third-order valence-corrected chi connectivity index (χ3v) is 4.47. The number of carbonyl (C=O) groups is 1. The summed E-state index contributed by atoms with van der Waals surface area (Å²) < 4.78 is 22.3. The van der Waals surface area contributed by atoms with Crippen molar-refractivity contribution in [3.63, 3.8) is 0 Å². The SMILES string of the molecule is COC(=O)C[C@@H]1OC(OC)[C@H](C)[C@@H](OCc2ccccc2)[C@H]1C. The van der Waals surface area contributed by atoms with Gasteiger partial charge in [0.2, 0.25) is 0 Å². The largest absolute Gasteiger partial charge is 0.469 e. The molecule has 1 fully saturated rings. The molecule has 23 heavy (non-hydrogen) atoms. The molecule has 0 amide bonds. The van der Waals surface area contributed by atoms with Crippen molar-refractivity contribution in [3.05, 3.63) is 35.9 Å². The van der Waals surface area contributed by atoms with Gasteiger partial charge in [-0.3, -0.25) is 4.79 Å². The molecule has 5 atom stereocenters. The van der Waals surface area contributed by atoms with Gasteiger partial charge in [0.05, 0.1) is 32.3 Å². The third-order valence-electron chi connectivity index (χ3n) is 4.47. The Kier molecular flexibility index (Phi) is 6.57. The monoisotopic (exact) mass is 322 g/mol. The molecule has 5 heteroatoms. The van der Waals surface area contributed by atoms with Gasteiger partial charge in [0.25, 0.3) is 0 Å². The van der Waals surface area contributed by atoms with Crippen molar-refractivity contribution in [3.8, 4) is 0 Å². The van der Waals surface area contributed by atoms with E-state index in [2.05, 4.69) is 6.92 Å². The van der Waals surface area contributed by atoms with E-state index in [-0.39, 0.29) is 42.7 Å². The Morgan fingerprint density at radius 1 is 1.13 bits per heavy atom. The highest BCUT2D eigenvalue weighted by atomic mass is 16.7. The summed E-state index contributed by atoms with van der Waals surface area (Å²) in [5.41, 5.74) is 1.12. The minimum Gasteiger partial charge on any atom is -0.469 e. The van der Waals surface area contributed by atoms with Gasteiger partial charge in [0, 0.05) is 18.9 Å². The first-order valence-corrected chi connectivity index (χ1v) is 7.97. The van der Waals surface area contributed by atoms with Crippen LogP contribution in [0.3, 0.4) is 0 Å². The Morgan fingerprint density at radius 2 is 1.83 bits per heavy atom. The third kappa shape index (κ3) is 4.53. The Morgan fingerprint density at radius 3 is 2.43 bits per heavy atom. The van der Waals surface area contributed by atoms with Crippen molar-refractivity contribution in [2.45, 2.75) is 45.4 Å². The molecule has 0 aromatic heterocycles. The second kappa shape index (κ2) is 8.43. The van der Waals surface area contributed by atoms with Crippen molar-refractivity contribution in [2.24, 2.45) is 11.8 Å². The topological polar surface area (TPSA) is 54.0 Å². The van der Waals surface area contributed by atoms with Crippen LogP contribution < -0.4 is 0 Å². The van der Waals surface area contributed by atoms with Gasteiger partial charge in [-0.15, -0.1) is 0 Å². The molecular formula is C18H26O5. The summed E-state index contributed by atoms with van der Waals surface area (Å²) in [6, 6.07) is 10.0.